The molecule has 0 saturated heterocycles. The summed E-state index contributed by atoms with van der Waals surface area (Å²) in [5, 5.41) is 10.3. The maximum atomic E-state index is 10.3. The first-order valence-corrected chi connectivity index (χ1v) is 3.07. The van der Waals surface area contributed by atoms with Crippen molar-refractivity contribution in [1.82, 2.24) is 0 Å². The Kier molecular flexibility index (Phi) is 2.06. The number of hydrogen-bond acceptors (Lipinski definition) is 3. The Bertz CT molecular complexity index is 277. The van der Waals surface area contributed by atoms with E-state index < -0.39 is 4.92 Å². The average molecular weight is 153 g/mol. The van der Waals surface area contributed by atoms with Gasteiger partial charge in [-0.1, -0.05) is 6.08 Å². The van der Waals surface area contributed by atoms with E-state index in [0.717, 1.165) is 0 Å². The summed E-state index contributed by atoms with van der Waals surface area (Å²) in [4.78, 5) is 9.80. The van der Waals surface area contributed by atoms with Gasteiger partial charge in [0.2, 0.25) is 0 Å². The van der Waals surface area contributed by atoms with Crippen LogP contribution >= 0.6 is 0 Å². The van der Waals surface area contributed by atoms with E-state index in [4.69, 9.17) is 4.42 Å². The zero-order valence-electron chi connectivity index (χ0n) is 5.82. The van der Waals surface area contributed by atoms with Crippen molar-refractivity contribution in [1.29, 1.82) is 0 Å². The van der Waals surface area contributed by atoms with Crippen LogP contribution in [0, 0.1) is 10.1 Å². The zero-order chi connectivity index (χ0) is 8.27. The Labute approximate surface area is 63.3 Å². The van der Waals surface area contributed by atoms with E-state index in [0.29, 0.717) is 12.2 Å². The molecular formula is C7H7NO3. The summed E-state index contributed by atoms with van der Waals surface area (Å²) in [7, 11) is 0. The van der Waals surface area contributed by atoms with Gasteiger partial charge in [-0.3, -0.25) is 10.1 Å². The molecule has 0 saturated carbocycles. The average Bonchev–Trinajstić information content (AvgIpc) is 2.36. The van der Waals surface area contributed by atoms with Crippen LogP contribution < -0.4 is 0 Å². The first-order valence-electron chi connectivity index (χ1n) is 3.07. The smallest absolute Gasteiger partial charge is 0.310 e. The second-order valence-electron chi connectivity index (χ2n) is 1.98. The monoisotopic (exact) mass is 153 g/mol. The van der Waals surface area contributed by atoms with Gasteiger partial charge in [-0.15, -0.1) is 6.58 Å². The topological polar surface area (TPSA) is 56.3 Å². The minimum atomic E-state index is -0.470. The van der Waals surface area contributed by atoms with Crippen molar-refractivity contribution in [2.24, 2.45) is 0 Å². The van der Waals surface area contributed by atoms with E-state index in [1.165, 1.54) is 12.3 Å². The van der Waals surface area contributed by atoms with Crippen LogP contribution in [-0.2, 0) is 6.42 Å². The van der Waals surface area contributed by atoms with Gasteiger partial charge in [-0.25, -0.2) is 0 Å². The van der Waals surface area contributed by atoms with E-state index >= 15 is 0 Å². The highest BCUT2D eigenvalue weighted by Gasteiger charge is 2.14. The maximum Gasteiger partial charge on any atom is 0.310 e. The minimum absolute atomic E-state index is 0.0184. The molecule has 0 N–H and O–H groups in total. The van der Waals surface area contributed by atoms with Crippen molar-refractivity contribution in [3.8, 4) is 0 Å². The normalized spacial score (nSPS) is 9.45. The molecule has 1 heterocycles. The minimum Gasteiger partial charge on any atom is -0.462 e. The van der Waals surface area contributed by atoms with E-state index in [1.807, 2.05) is 0 Å². The highest BCUT2D eigenvalue weighted by atomic mass is 16.6. The molecule has 4 heteroatoms. The maximum absolute atomic E-state index is 10.3. The lowest BCUT2D eigenvalue weighted by Crippen LogP contribution is -1.89. The number of furan rings is 1. The SMILES string of the molecule is C=CCc1occc1[N+](=O)[O-]. The third-order valence-corrected chi connectivity index (χ3v) is 1.25. The summed E-state index contributed by atoms with van der Waals surface area (Å²) in [5.41, 5.74) is 0.0184. The molecule has 58 valence electrons. The van der Waals surface area contributed by atoms with Gasteiger partial charge < -0.3 is 4.42 Å². The number of nitrogens with zero attached hydrogens (tertiary/aromatic N) is 1. The second kappa shape index (κ2) is 3.01. The van der Waals surface area contributed by atoms with E-state index in [-0.39, 0.29) is 5.69 Å². The molecule has 0 aliphatic carbocycles. The van der Waals surface area contributed by atoms with Crippen molar-refractivity contribution in [2.75, 3.05) is 0 Å². The van der Waals surface area contributed by atoms with Crippen LogP contribution in [0.25, 0.3) is 0 Å². The molecule has 0 amide bonds. The van der Waals surface area contributed by atoms with E-state index in [2.05, 4.69) is 6.58 Å². The van der Waals surface area contributed by atoms with Gasteiger partial charge in [0.05, 0.1) is 17.3 Å². The molecule has 1 aromatic heterocycles. The summed E-state index contributed by atoms with van der Waals surface area (Å²) < 4.78 is 4.85. The van der Waals surface area contributed by atoms with Crippen molar-refractivity contribution in [3.05, 3.63) is 40.9 Å². The van der Waals surface area contributed by atoms with Gasteiger partial charge in [-0.05, 0) is 0 Å². The molecule has 0 aliphatic heterocycles. The molecule has 0 bridgehead atoms. The first kappa shape index (κ1) is 7.53. The van der Waals surface area contributed by atoms with Crippen molar-refractivity contribution >= 4 is 5.69 Å². The molecular weight excluding hydrogens is 146 g/mol. The lowest BCUT2D eigenvalue weighted by atomic mass is 10.3. The Morgan fingerprint density at radius 2 is 2.55 bits per heavy atom. The predicted molar refractivity (Wildman–Crippen MR) is 39.3 cm³/mol. The molecule has 0 fully saturated rings. The van der Waals surface area contributed by atoms with Crippen LogP contribution in [0.15, 0.2) is 29.4 Å². The summed E-state index contributed by atoms with van der Waals surface area (Å²) in [6, 6.07) is 1.33. The van der Waals surface area contributed by atoms with Gasteiger partial charge in [0.1, 0.15) is 0 Å². The van der Waals surface area contributed by atoms with Crippen LogP contribution in [0.3, 0.4) is 0 Å². The van der Waals surface area contributed by atoms with E-state index in [9.17, 15) is 10.1 Å². The molecule has 11 heavy (non-hydrogen) atoms. The first-order chi connectivity index (χ1) is 5.25. The standard InChI is InChI=1S/C7H7NO3/c1-2-3-7-6(8(9)10)4-5-11-7/h2,4-5H,1,3H2. The molecule has 1 rings (SSSR count). The largest absolute Gasteiger partial charge is 0.462 e. The third-order valence-electron chi connectivity index (χ3n) is 1.25. The van der Waals surface area contributed by atoms with Crippen LogP contribution in [0.5, 0.6) is 0 Å². The predicted octanol–water partition coefficient (Wildman–Crippen LogP) is 1.92. The summed E-state index contributed by atoms with van der Waals surface area (Å²) in [5.74, 6) is 0.352. The molecule has 0 atom stereocenters. The van der Waals surface area contributed by atoms with Crippen LogP contribution in [-0.4, -0.2) is 4.92 Å². The van der Waals surface area contributed by atoms with Crippen LogP contribution in [0.4, 0.5) is 5.69 Å². The Morgan fingerprint density at radius 3 is 3.09 bits per heavy atom. The number of allylic oxidation sites excluding steroid dienone is 1. The molecule has 0 spiro atoms. The highest BCUT2D eigenvalue weighted by molar-refractivity contribution is 5.33. The fraction of sp³-hybridized carbons (Fsp3) is 0.143. The highest BCUT2D eigenvalue weighted by Crippen LogP contribution is 2.19. The van der Waals surface area contributed by atoms with Crippen molar-refractivity contribution < 1.29 is 9.34 Å². The number of hydrogen-bond donors (Lipinski definition) is 0. The molecule has 4 nitrogen and oxygen atoms in total. The third kappa shape index (κ3) is 1.46. The Morgan fingerprint density at radius 1 is 1.82 bits per heavy atom. The lowest BCUT2D eigenvalue weighted by Gasteiger charge is -1.88. The molecule has 0 aromatic carbocycles. The fourth-order valence-corrected chi connectivity index (χ4v) is 0.780. The van der Waals surface area contributed by atoms with Gasteiger partial charge >= 0.3 is 5.69 Å². The van der Waals surface area contributed by atoms with Gasteiger partial charge in [0, 0.05) is 6.42 Å². The van der Waals surface area contributed by atoms with Gasteiger partial charge in [0.15, 0.2) is 5.76 Å². The molecule has 1 aromatic rings. The zero-order valence-corrected chi connectivity index (χ0v) is 5.82. The van der Waals surface area contributed by atoms with Crippen molar-refractivity contribution in [3.63, 3.8) is 0 Å². The number of nitro groups is 1. The second-order valence-corrected chi connectivity index (χ2v) is 1.98. The molecule has 0 aliphatic rings. The Hall–Kier alpha value is -1.58. The van der Waals surface area contributed by atoms with Crippen LogP contribution in [0.1, 0.15) is 5.76 Å². The van der Waals surface area contributed by atoms with Crippen LogP contribution in [0.2, 0.25) is 0 Å². The quantitative estimate of drug-likeness (QED) is 0.378. The summed E-state index contributed by atoms with van der Waals surface area (Å²) >= 11 is 0. The van der Waals surface area contributed by atoms with Gasteiger partial charge in [-0.2, -0.15) is 0 Å². The molecule has 0 unspecified atom stereocenters. The van der Waals surface area contributed by atoms with E-state index in [1.54, 1.807) is 6.08 Å². The Balaban J connectivity index is 2.95. The van der Waals surface area contributed by atoms with Crippen molar-refractivity contribution in [2.45, 2.75) is 6.42 Å². The lowest BCUT2D eigenvalue weighted by molar-refractivity contribution is -0.386. The van der Waals surface area contributed by atoms with Gasteiger partial charge in [0.25, 0.3) is 0 Å². The molecule has 0 radical (unpaired) electrons. The summed E-state index contributed by atoms with van der Waals surface area (Å²) in [6.07, 6.45) is 3.26. The number of rotatable bonds is 3. The fourth-order valence-electron chi connectivity index (χ4n) is 0.780. The summed E-state index contributed by atoms with van der Waals surface area (Å²) in [6.45, 7) is 3.45.